The van der Waals surface area contributed by atoms with Crippen LogP contribution in [0.25, 0.3) is 148 Å². The van der Waals surface area contributed by atoms with E-state index in [2.05, 4.69) is 226 Å². The van der Waals surface area contributed by atoms with Gasteiger partial charge in [0.15, 0.2) is 0 Å². The van der Waals surface area contributed by atoms with E-state index in [0.717, 1.165) is 181 Å². The minimum absolute atomic E-state index is 0.434. The number of hydrogen-bond acceptors (Lipinski definition) is 12. The van der Waals surface area contributed by atoms with Gasteiger partial charge in [0, 0.05) is 130 Å². The number of nitrogens with one attached hydrogen (secondary N) is 4. The van der Waals surface area contributed by atoms with Crippen molar-refractivity contribution < 1.29 is 37.2 Å². The molecule has 4 saturated heterocycles. The maximum Gasteiger partial charge on any atom is 0.493 e. The fourth-order valence-corrected chi connectivity index (χ4v) is 14.0. The highest BCUT2D eigenvalue weighted by Crippen LogP contribution is 2.42. The van der Waals surface area contributed by atoms with E-state index < -0.39 is 28.5 Å². The van der Waals surface area contributed by atoms with Gasteiger partial charge in [-0.25, -0.2) is 19.9 Å². The number of nitrogens with zero attached hydrogens (tertiary/aromatic N) is 4. The van der Waals surface area contributed by atoms with Crippen LogP contribution in [0.5, 0.6) is 0 Å². The van der Waals surface area contributed by atoms with Crippen molar-refractivity contribution >= 4 is 143 Å². The summed E-state index contributed by atoms with van der Waals surface area (Å²) >= 11 is 0. The van der Waals surface area contributed by atoms with Gasteiger partial charge in [-0.2, -0.15) is 0 Å². The molecule has 18 rings (SSSR count). The van der Waals surface area contributed by atoms with Crippen molar-refractivity contribution in [3.05, 3.63) is 203 Å². The third kappa shape index (κ3) is 11.3. The summed E-state index contributed by atoms with van der Waals surface area (Å²) in [6.45, 7) is 5.17. The zero-order valence-corrected chi connectivity index (χ0v) is 52.5. The third-order valence-electron chi connectivity index (χ3n) is 18.6. The molecule has 14 heterocycles. The summed E-state index contributed by atoms with van der Waals surface area (Å²) in [5.74, 6) is 0. The second-order valence-electron chi connectivity index (χ2n) is 24.9. The monoisotopic (exact) mass is 1260 g/mol. The SMILES string of the molecule is C1=Cc2nc1cc1ccc([nH]1)c(-c1ccc(B3OCCCO3)cc1)c1nc(c(-c3c4nc(c(-c5ccc(B6OCCCO6)cc5)c5ccc(cc6nc(c(-c7ccc(B8OCCCO8)cc7)c7ccc3[nH]7)C=C6)[nH]5)C=C4)c3ccc([nH]3)c2-c2ccc(B3OCCCO3)cc2)C=C1. The molecule has 4 aromatic carbocycles. The number of aromatic nitrogens is 8. The van der Waals surface area contributed by atoms with Crippen LogP contribution in [0, 0.1) is 0 Å². The quantitative estimate of drug-likeness (QED) is 0.100. The van der Waals surface area contributed by atoms with Crippen LogP contribution >= 0.6 is 0 Å². The molecule has 466 valence electrons. The minimum Gasteiger partial charge on any atom is -0.407 e. The molecular weight excluding hydrogens is 1200 g/mol. The van der Waals surface area contributed by atoms with E-state index >= 15 is 0 Å². The molecule has 96 heavy (non-hydrogen) atoms. The molecule has 8 aliphatic rings. The molecule has 0 amide bonds. The predicted octanol–water partition coefficient (Wildman–Crippen LogP) is 12.5. The van der Waals surface area contributed by atoms with Gasteiger partial charge in [0.05, 0.1) is 45.6 Å². The summed E-state index contributed by atoms with van der Waals surface area (Å²) in [5, 5.41) is 0. The maximum absolute atomic E-state index is 6.08. The van der Waals surface area contributed by atoms with Gasteiger partial charge in [-0.1, -0.05) is 97.1 Å². The lowest BCUT2D eigenvalue weighted by molar-refractivity contribution is 0.143. The summed E-state index contributed by atoms with van der Waals surface area (Å²) in [5.41, 5.74) is 26.0. The molecular formula is C76H62B4N8O8. The first-order chi connectivity index (χ1) is 47.5. The van der Waals surface area contributed by atoms with Gasteiger partial charge in [0.1, 0.15) is 0 Å². The second kappa shape index (κ2) is 25.3. The largest absolute Gasteiger partial charge is 0.493 e. The zero-order chi connectivity index (χ0) is 63.5. The van der Waals surface area contributed by atoms with Crippen LogP contribution in [-0.2, 0) is 37.2 Å². The molecule has 16 bridgehead atoms. The molecule has 4 N–H and O–H groups in total. The van der Waals surface area contributed by atoms with Crippen LogP contribution in [0.2, 0.25) is 0 Å². The zero-order valence-electron chi connectivity index (χ0n) is 52.5. The Bertz CT molecular complexity index is 4730. The van der Waals surface area contributed by atoms with Crippen LogP contribution in [0.15, 0.2) is 158 Å². The molecule has 0 radical (unpaired) electrons. The van der Waals surface area contributed by atoms with Crippen molar-refractivity contribution in [1.82, 2.24) is 39.9 Å². The summed E-state index contributed by atoms with van der Waals surface area (Å²) in [4.78, 5) is 37.9. The highest BCUT2D eigenvalue weighted by atomic mass is 16.6. The van der Waals surface area contributed by atoms with E-state index in [1.807, 2.05) is 0 Å². The van der Waals surface area contributed by atoms with E-state index in [9.17, 15) is 0 Å². The van der Waals surface area contributed by atoms with Crippen molar-refractivity contribution in [1.29, 1.82) is 0 Å². The molecule has 0 spiro atoms. The fourth-order valence-electron chi connectivity index (χ4n) is 14.0. The Labute approximate surface area is 554 Å². The van der Waals surface area contributed by atoms with E-state index in [4.69, 9.17) is 57.2 Å². The van der Waals surface area contributed by atoms with Crippen LogP contribution in [0.4, 0.5) is 0 Å². The van der Waals surface area contributed by atoms with Crippen molar-refractivity contribution in [2.75, 3.05) is 52.9 Å². The van der Waals surface area contributed by atoms with Crippen LogP contribution < -0.4 is 21.9 Å². The molecule has 0 unspecified atom stereocenters. The number of rotatable bonds is 9. The maximum atomic E-state index is 6.08. The molecule has 0 atom stereocenters. The molecule has 8 aliphatic heterocycles. The highest BCUT2D eigenvalue weighted by molar-refractivity contribution is 6.62. The van der Waals surface area contributed by atoms with Crippen LogP contribution in [0.3, 0.4) is 0 Å². The minimum atomic E-state index is -0.434. The molecule has 16 nitrogen and oxygen atoms in total. The van der Waals surface area contributed by atoms with E-state index in [1.165, 1.54) is 0 Å². The van der Waals surface area contributed by atoms with Crippen molar-refractivity contribution in [3.63, 3.8) is 0 Å². The van der Waals surface area contributed by atoms with E-state index in [0.29, 0.717) is 64.2 Å². The first-order valence-electron chi connectivity index (χ1n) is 33.1. The molecule has 4 fully saturated rings. The third-order valence-corrected chi connectivity index (χ3v) is 18.6. The van der Waals surface area contributed by atoms with Gasteiger partial charge in [-0.05, 0) is 179 Å². The average molecular weight is 1260 g/mol. The Morgan fingerprint density at radius 1 is 0.240 bits per heavy atom. The molecule has 0 saturated carbocycles. The van der Waals surface area contributed by atoms with Crippen LogP contribution in [-0.4, -0.2) is 121 Å². The highest BCUT2D eigenvalue weighted by Gasteiger charge is 2.30. The number of aromatic amines is 4. The predicted molar refractivity (Wildman–Crippen MR) is 386 cm³/mol. The topological polar surface area (TPSA) is 189 Å². The van der Waals surface area contributed by atoms with E-state index in [-0.39, 0.29) is 0 Å². The number of H-pyrrole nitrogens is 4. The van der Waals surface area contributed by atoms with Crippen molar-refractivity contribution in [2.24, 2.45) is 0 Å². The normalized spacial score (nSPS) is 16.3. The number of benzene rings is 4. The van der Waals surface area contributed by atoms with Gasteiger partial charge < -0.3 is 57.2 Å². The Balaban J connectivity index is 0.931. The second-order valence-corrected chi connectivity index (χ2v) is 24.9. The summed E-state index contributed by atoms with van der Waals surface area (Å²) in [6.07, 6.45) is 20.3. The Kier molecular flexibility index (Phi) is 15.4. The summed E-state index contributed by atoms with van der Waals surface area (Å²) in [7, 11) is -1.74. The summed E-state index contributed by atoms with van der Waals surface area (Å²) < 4.78 is 48.6. The Hall–Kier alpha value is -9.98. The molecule has 10 aromatic rings. The van der Waals surface area contributed by atoms with Gasteiger partial charge in [0.25, 0.3) is 0 Å². The van der Waals surface area contributed by atoms with Gasteiger partial charge in [-0.15, -0.1) is 0 Å². The summed E-state index contributed by atoms with van der Waals surface area (Å²) in [6, 6.07) is 55.1. The number of fused-ring (bicyclic) bond motifs is 16. The molecule has 20 heteroatoms. The lowest BCUT2D eigenvalue weighted by atomic mass is 9.77. The van der Waals surface area contributed by atoms with Gasteiger partial charge in [-0.3, -0.25) is 0 Å². The lowest BCUT2D eigenvalue weighted by Gasteiger charge is -2.20. The fraction of sp³-hybridized carbons (Fsp3) is 0.158. The Morgan fingerprint density at radius 2 is 0.479 bits per heavy atom. The Morgan fingerprint density at radius 3 is 0.781 bits per heavy atom. The van der Waals surface area contributed by atoms with Crippen molar-refractivity contribution in [3.8, 4) is 55.6 Å². The number of hydrogen-bond donors (Lipinski definition) is 4. The van der Waals surface area contributed by atoms with Crippen LogP contribution in [0.1, 0.15) is 71.2 Å². The van der Waals surface area contributed by atoms with Crippen molar-refractivity contribution in [2.45, 2.75) is 25.7 Å². The van der Waals surface area contributed by atoms with Gasteiger partial charge in [0.2, 0.25) is 0 Å². The van der Waals surface area contributed by atoms with E-state index in [1.54, 1.807) is 0 Å². The average Bonchev–Trinajstić information content (AvgIpc) is 1.60. The molecule has 6 aromatic heterocycles. The smallest absolute Gasteiger partial charge is 0.407 e. The molecule has 0 aliphatic carbocycles. The lowest BCUT2D eigenvalue weighted by Crippen LogP contribution is -2.40. The first-order valence-corrected chi connectivity index (χ1v) is 33.1. The van der Waals surface area contributed by atoms with Gasteiger partial charge >= 0.3 is 28.5 Å². The standard InChI is InChI=1S/C76H62B4N8O8/c1-37-89-77(90-38-1)51-13-5-47(6-14-51)71-59-25-21-55(81-59)45-56-22-26-60(82-56)72(48-7-15-52(16-8-48)78-91-39-2-40-92-78)64-30-34-68(86-64)75(67-33-29-63(71)85-67)76-69-35-31-65(87-69)73(49-9-17-53(18-10-49)79-93-41-3-42-94-79)61-27-23-57(83-61)46-58-24-28-62(84-58)74(66-32-36-70(76)88-66)50-11-19-54(20-12-50)80-95-43-4-44-96-80/h5-36,45-46,81,83,86,88H,1-4,37-44H2. The first kappa shape index (κ1) is 58.6.